The summed E-state index contributed by atoms with van der Waals surface area (Å²) in [5, 5.41) is 0. The maximum Gasteiger partial charge on any atom is 0.318 e. The predicted octanol–water partition coefficient (Wildman–Crippen LogP) is 2.40. The average molecular weight is 603 g/mol. The smallest absolute Gasteiger partial charge is 0.318 e. The van der Waals surface area contributed by atoms with Crippen LogP contribution in [-0.2, 0) is 44.1 Å². The van der Waals surface area contributed by atoms with E-state index < -0.39 is 60.7 Å². The molecule has 1 saturated carbocycles. The molecular weight excluding hydrogens is 568 g/mol. The lowest BCUT2D eigenvalue weighted by Crippen LogP contribution is -2.73. The van der Waals surface area contributed by atoms with Gasteiger partial charge in [-0.05, 0) is 69.5 Å². The number of Topliss-reactive ketones (excluding diaryl/α,β-unsaturated/α-hetero) is 1. The number of ketones is 1. The van der Waals surface area contributed by atoms with Gasteiger partial charge in [-0.1, -0.05) is 35.9 Å². The summed E-state index contributed by atoms with van der Waals surface area (Å²) in [7, 11) is -6.77. The molecule has 0 aromatic heterocycles. The third kappa shape index (κ3) is 4.01. The molecule has 0 amide bonds. The highest BCUT2D eigenvalue weighted by Crippen LogP contribution is 2.66. The van der Waals surface area contributed by atoms with Crippen LogP contribution < -0.4 is 4.31 Å². The van der Waals surface area contributed by atoms with Crippen molar-refractivity contribution in [2.45, 2.75) is 55.0 Å². The zero-order valence-electron chi connectivity index (χ0n) is 23.3. The first-order valence-corrected chi connectivity index (χ1v) is 17.1. The van der Waals surface area contributed by atoms with Crippen LogP contribution in [0, 0.1) is 18.3 Å². The fraction of sp³-hybridized carbons (Fsp3) is 0.517. The van der Waals surface area contributed by atoms with Gasteiger partial charge >= 0.3 is 5.97 Å². The number of hydrogen-bond donors (Lipinski definition) is 0. The third-order valence-electron chi connectivity index (χ3n) is 9.65. The van der Waals surface area contributed by atoms with Crippen molar-refractivity contribution in [1.82, 2.24) is 4.90 Å². The van der Waals surface area contributed by atoms with E-state index in [2.05, 4.69) is 4.90 Å². The second-order valence-electron chi connectivity index (χ2n) is 11.7. The number of benzene rings is 2. The number of carbonyl (C=O) groups excluding carboxylic acids is 2. The first-order chi connectivity index (χ1) is 19.4. The summed E-state index contributed by atoms with van der Waals surface area (Å²) in [6.45, 7) is 2.99. The Morgan fingerprint density at radius 3 is 2.41 bits per heavy atom. The van der Waals surface area contributed by atoms with E-state index >= 15 is 0 Å². The van der Waals surface area contributed by atoms with Gasteiger partial charge in [0.15, 0.2) is 5.78 Å². The molecule has 3 aliphatic heterocycles. The van der Waals surface area contributed by atoms with E-state index in [4.69, 9.17) is 8.92 Å². The van der Waals surface area contributed by atoms with Crippen molar-refractivity contribution in [3.63, 3.8) is 0 Å². The molecule has 2 saturated heterocycles. The third-order valence-corrected chi connectivity index (χ3v) is 12.1. The summed E-state index contributed by atoms with van der Waals surface area (Å²) in [5.41, 5.74) is 0.121. The van der Waals surface area contributed by atoms with Gasteiger partial charge in [-0.3, -0.25) is 23.0 Å². The van der Waals surface area contributed by atoms with Crippen molar-refractivity contribution in [2.24, 2.45) is 11.3 Å². The van der Waals surface area contributed by atoms with E-state index in [1.165, 1.54) is 11.4 Å². The molecule has 5 atom stereocenters. The SMILES string of the molecule is COC(=O)[C@H]1C(=O)[C@]2(CCOS(C)(=O)=O)CCCN3CC[C@@]4(c5ccccc5N(S(=O)(=O)c5ccc(C)cc5)[C@@H]14)[C@@H]32. The summed E-state index contributed by atoms with van der Waals surface area (Å²) in [4.78, 5) is 30.7. The number of sulfonamides is 1. The van der Waals surface area contributed by atoms with Gasteiger partial charge in [0.05, 0.1) is 36.6 Å². The van der Waals surface area contributed by atoms with Crippen LogP contribution in [0.25, 0.3) is 0 Å². The molecule has 12 heteroatoms. The monoisotopic (exact) mass is 602 g/mol. The van der Waals surface area contributed by atoms with Gasteiger partial charge < -0.3 is 4.74 Å². The molecule has 41 heavy (non-hydrogen) atoms. The number of fused-ring (bicyclic) bond motifs is 1. The second-order valence-corrected chi connectivity index (χ2v) is 15.2. The molecule has 0 radical (unpaired) electrons. The molecule has 3 fully saturated rings. The Morgan fingerprint density at radius 2 is 1.73 bits per heavy atom. The standard InChI is InChI=1S/C29H34N2O8S2/c1-19-9-11-20(12-10-19)41(36,37)31-22-8-5-4-7-21(22)29-14-17-30-16-6-13-28(27(29)30,15-18-39-40(3,34)35)25(32)23(24(29)31)26(33)38-2/h4-5,7-12,23-24,27H,6,13-18H2,1-3H3/t23-,24+,27+,28-,29+/m1/s1. The number of rotatable bonds is 7. The lowest BCUT2D eigenvalue weighted by atomic mass is 9.49. The van der Waals surface area contributed by atoms with Crippen molar-refractivity contribution in [1.29, 1.82) is 0 Å². The Kier molecular flexibility index (Phi) is 6.64. The fourth-order valence-electron chi connectivity index (χ4n) is 8.28. The van der Waals surface area contributed by atoms with Crippen molar-refractivity contribution in [3.8, 4) is 0 Å². The summed E-state index contributed by atoms with van der Waals surface area (Å²) in [6, 6.07) is 12.3. The highest BCUT2D eigenvalue weighted by molar-refractivity contribution is 7.93. The number of ether oxygens (including phenoxy) is 1. The first-order valence-electron chi connectivity index (χ1n) is 13.8. The van der Waals surface area contributed by atoms with Gasteiger partial charge in [-0.15, -0.1) is 0 Å². The minimum Gasteiger partial charge on any atom is -0.468 e. The molecule has 0 N–H and O–H groups in total. The quantitative estimate of drug-likeness (QED) is 0.267. The zero-order valence-corrected chi connectivity index (χ0v) is 24.9. The Labute approximate surface area is 240 Å². The van der Waals surface area contributed by atoms with Crippen LogP contribution in [0.2, 0.25) is 0 Å². The Hall–Kier alpha value is -2.80. The minimum atomic E-state index is -4.21. The van der Waals surface area contributed by atoms with Crippen molar-refractivity contribution >= 4 is 37.6 Å². The molecule has 2 aromatic rings. The molecule has 2 aromatic carbocycles. The number of piperidine rings is 1. The molecular formula is C29H34N2O8S2. The molecule has 0 unspecified atom stereocenters. The maximum absolute atomic E-state index is 14.7. The van der Waals surface area contributed by atoms with E-state index in [0.717, 1.165) is 23.9 Å². The molecule has 0 bridgehead atoms. The van der Waals surface area contributed by atoms with Gasteiger partial charge in [-0.2, -0.15) is 8.42 Å². The number of nitrogens with zero attached hydrogens (tertiary/aromatic N) is 2. The molecule has 220 valence electrons. The van der Waals surface area contributed by atoms with Crippen molar-refractivity contribution in [2.75, 3.05) is 37.4 Å². The number of hydrogen-bond acceptors (Lipinski definition) is 9. The van der Waals surface area contributed by atoms with E-state index in [-0.39, 0.29) is 17.9 Å². The number of carbonyl (C=O) groups is 2. The van der Waals surface area contributed by atoms with Crippen molar-refractivity contribution in [3.05, 3.63) is 59.7 Å². The van der Waals surface area contributed by atoms with Gasteiger partial charge in [0, 0.05) is 16.9 Å². The summed E-state index contributed by atoms with van der Waals surface area (Å²) >= 11 is 0. The molecule has 1 aliphatic carbocycles. The van der Waals surface area contributed by atoms with Crippen LogP contribution in [0.3, 0.4) is 0 Å². The number of anilines is 1. The lowest BCUT2D eigenvalue weighted by Gasteiger charge is -2.59. The topological polar surface area (TPSA) is 127 Å². The van der Waals surface area contributed by atoms with Gasteiger partial charge in [0.1, 0.15) is 5.92 Å². The van der Waals surface area contributed by atoms with Crippen molar-refractivity contribution < 1.29 is 35.3 Å². The van der Waals surface area contributed by atoms with Crippen LogP contribution in [0.4, 0.5) is 5.69 Å². The molecule has 3 heterocycles. The summed E-state index contributed by atoms with van der Waals surface area (Å²) < 4.78 is 64.3. The highest BCUT2D eigenvalue weighted by atomic mass is 32.2. The minimum absolute atomic E-state index is 0.0721. The number of esters is 1. The Balaban J connectivity index is 1.60. The van der Waals surface area contributed by atoms with E-state index in [1.54, 1.807) is 36.4 Å². The molecule has 4 aliphatic rings. The van der Waals surface area contributed by atoms with Crippen LogP contribution in [-0.4, -0.2) is 78.6 Å². The fourth-order valence-corrected chi connectivity index (χ4v) is 10.4. The second kappa shape index (κ2) is 9.62. The summed E-state index contributed by atoms with van der Waals surface area (Å²) in [6.07, 6.45) is 2.72. The van der Waals surface area contributed by atoms with Crippen LogP contribution in [0.5, 0.6) is 0 Å². The zero-order chi connectivity index (χ0) is 29.4. The van der Waals surface area contributed by atoms with E-state index in [9.17, 15) is 26.4 Å². The number of methoxy groups -OCH3 is 1. The van der Waals surface area contributed by atoms with Crippen LogP contribution in [0.15, 0.2) is 53.4 Å². The Bertz CT molecular complexity index is 1620. The van der Waals surface area contributed by atoms with Gasteiger partial charge in [-0.25, -0.2) is 8.42 Å². The van der Waals surface area contributed by atoms with Crippen LogP contribution in [0.1, 0.15) is 36.8 Å². The normalized spacial score (nSPS) is 31.0. The largest absolute Gasteiger partial charge is 0.468 e. The summed E-state index contributed by atoms with van der Waals surface area (Å²) in [5.74, 6) is -2.60. The number of para-hydroxylation sites is 1. The first kappa shape index (κ1) is 28.3. The van der Waals surface area contributed by atoms with Gasteiger partial charge in [0.2, 0.25) is 0 Å². The predicted molar refractivity (Wildman–Crippen MR) is 150 cm³/mol. The molecule has 10 nitrogen and oxygen atoms in total. The van der Waals surface area contributed by atoms with Gasteiger partial charge in [0.25, 0.3) is 20.1 Å². The lowest BCUT2D eigenvalue weighted by molar-refractivity contribution is -0.165. The van der Waals surface area contributed by atoms with E-state index in [0.29, 0.717) is 31.5 Å². The Morgan fingerprint density at radius 1 is 1.02 bits per heavy atom. The van der Waals surface area contributed by atoms with Crippen LogP contribution >= 0.6 is 0 Å². The van der Waals surface area contributed by atoms with E-state index in [1.807, 2.05) is 19.1 Å². The number of aryl methyl sites for hydroxylation is 1. The molecule has 1 spiro atoms. The molecule has 6 rings (SSSR count). The highest BCUT2D eigenvalue weighted by Gasteiger charge is 2.76. The maximum atomic E-state index is 14.7. The average Bonchev–Trinajstić information content (AvgIpc) is 3.46.